The lowest BCUT2D eigenvalue weighted by atomic mass is 11.0. The Bertz CT molecular complexity index is 360. The molecule has 0 aromatic rings. The highest BCUT2D eigenvalue weighted by Gasteiger charge is 2.28. The Morgan fingerprint density at radius 2 is 1.69 bits per heavy atom. The van der Waals surface area contributed by atoms with Crippen molar-refractivity contribution in [3.8, 4) is 0 Å². The molecule has 0 heterocycles. The molecular weight excluding hydrogens is 284 g/mol. The molecule has 0 saturated carbocycles. The lowest BCUT2D eigenvalue weighted by molar-refractivity contribution is 0.519. The predicted octanol–water partition coefficient (Wildman–Crippen LogP) is -1.11. The fourth-order valence-electron chi connectivity index (χ4n) is 0.497. The number of sulfonamides is 2. The van der Waals surface area contributed by atoms with Crippen LogP contribution >= 0.6 is 15.9 Å². The summed E-state index contributed by atoms with van der Waals surface area (Å²) in [6.07, 6.45) is 0. The van der Waals surface area contributed by atoms with Gasteiger partial charge in [0.25, 0.3) is 0 Å². The van der Waals surface area contributed by atoms with Gasteiger partial charge in [-0.2, -0.15) is 0 Å². The largest absolute Gasteiger partial charge is 0.229 e. The van der Waals surface area contributed by atoms with Crippen LogP contribution in [0.2, 0.25) is 0 Å². The monoisotopic (exact) mass is 294 g/mol. The van der Waals surface area contributed by atoms with Crippen LogP contribution in [0.1, 0.15) is 0 Å². The molecule has 0 aromatic heterocycles. The molecule has 0 amide bonds. The minimum absolute atomic E-state index is 0.645. The van der Waals surface area contributed by atoms with Gasteiger partial charge in [-0.25, -0.2) is 26.3 Å². The summed E-state index contributed by atoms with van der Waals surface area (Å²) >= 11 is 2.75. The molecular formula is C4H11BrN2O4S2. The standard InChI is InChI=1S/C4H11BrN2O4S2/c1-7(2)13(10,11)4(5)3-12(6,8)9/h4H,3H2,1-2H3,(H2,6,8,9). The topological polar surface area (TPSA) is 97.5 Å². The first-order valence-electron chi connectivity index (χ1n) is 3.13. The van der Waals surface area contributed by atoms with Gasteiger partial charge in [0.15, 0.2) is 0 Å². The maximum atomic E-state index is 11.3. The molecule has 0 aliphatic carbocycles. The predicted molar refractivity (Wildman–Crippen MR) is 53.3 cm³/mol. The van der Waals surface area contributed by atoms with Gasteiger partial charge in [-0.3, -0.25) is 0 Å². The summed E-state index contributed by atoms with van der Waals surface area (Å²) in [5, 5.41) is 4.69. The zero-order chi connectivity index (χ0) is 10.9. The second-order valence-corrected chi connectivity index (χ2v) is 8.27. The van der Waals surface area contributed by atoms with Crippen molar-refractivity contribution in [2.75, 3.05) is 19.8 Å². The number of hydrogen-bond acceptors (Lipinski definition) is 4. The van der Waals surface area contributed by atoms with Crippen molar-refractivity contribution < 1.29 is 16.8 Å². The third-order valence-electron chi connectivity index (χ3n) is 1.20. The van der Waals surface area contributed by atoms with Crippen molar-refractivity contribution >= 4 is 36.0 Å². The smallest absolute Gasteiger partial charge is 0.227 e. The van der Waals surface area contributed by atoms with Crippen molar-refractivity contribution in [3.63, 3.8) is 0 Å². The van der Waals surface area contributed by atoms with E-state index in [-0.39, 0.29) is 0 Å². The number of nitrogens with zero attached hydrogens (tertiary/aromatic N) is 1. The molecule has 0 aliphatic heterocycles. The molecule has 1 atom stereocenters. The number of rotatable bonds is 4. The van der Waals surface area contributed by atoms with E-state index in [2.05, 4.69) is 15.9 Å². The van der Waals surface area contributed by atoms with E-state index >= 15 is 0 Å². The van der Waals surface area contributed by atoms with Gasteiger partial charge in [-0.1, -0.05) is 15.9 Å². The first kappa shape index (κ1) is 13.3. The van der Waals surface area contributed by atoms with Crippen LogP contribution in [-0.2, 0) is 20.0 Å². The SMILES string of the molecule is CN(C)S(=O)(=O)C(Br)CS(N)(=O)=O. The average molecular weight is 295 g/mol. The van der Waals surface area contributed by atoms with Crippen LogP contribution in [0.25, 0.3) is 0 Å². The lowest BCUT2D eigenvalue weighted by Gasteiger charge is -2.15. The van der Waals surface area contributed by atoms with E-state index in [4.69, 9.17) is 5.14 Å². The van der Waals surface area contributed by atoms with Crippen LogP contribution in [0.4, 0.5) is 0 Å². The molecule has 0 saturated heterocycles. The van der Waals surface area contributed by atoms with Gasteiger partial charge in [-0.05, 0) is 0 Å². The highest BCUT2D eigenvalue weighted by atomic mass is 79.9. The molecule has 80 valence electrons. The zero-order valence-electron chi connectivity index (χ0n) is 7.14. The van der Waals surface area contributed by atoms with E-state index in [9.17, 15) is 16.8 Å². The highest BCUT2D eigenvalue weighted by molar-refractivity contribution is 9.11. The van der Waals surface area contributed by atoms with E-state index < -0.39 is 30.0 Å². The molecule has 6 nitrogen and oxygen atoms in total. The Morgan fingerprint density at radius 3 is 1.92 bits per heavy atom. The van der Waals surface area contributed by atoms with E-state index in [1.165, 1.54) is 14.1 Å². The van der Waals surface area contributed by atoms with Crippen LogP contribution in [0, 0.1) is 0 Å². The summed E-state index contributed by atoms with van der Waals surface area (Å²) in [6, 6.07) is 0. The Labute approximate surface area is 86.3 Å². The third-order valence-corrected chi connectivity index (χ3v) is 6.20. The molecule has 13 heavy (non-hydrogen) atoms. The van der Waals surface area contributed by atoms with E-state index in [1.807, 2.05) is 0 Å². The van der Waals surface area contributed by atoms with Crippen molar-refractivity contribution in [2.24, 2.45) is 5.14 Å². The Morgan fingerprint density at radius 1 is 1.31 bits per heavy atom. The normalized spacial score (nSPS) is 16.1. The number of nitrogens with two attached hydrogens (primary N) is 1. The molecule has 0 spiro atoms. The second-order valence-electron chi connectivity index (χ2n) is 2.57. The summed E-state index contributed by atoms with van der Waals surface area (Å²) in [6.45, 7) is 0. The third kappa shape index (κ3) is 4.36. The lowest BCUT2D eigenvalue weighted by Crippen LogP contribution is -2.36. The van der Waals surface area contributed by atoms with Crippen molar-refractivity contribution in [1.82, 2.24) is 4.31 Å². The maximum absolute atomic E-state index is 11.3. The molecule has 0 radical (unpaired) electrons. The van der Waals surface area contributed by atoms with Crippen molar-refractivity contribution in [2.45, 2.75) is 4.16 Å². The zero-order valence-corrected chi connectivity index (χ0v) is 10.4. The van der Waals surface area contributed by atoms with Crippen LogP contribution in [0.15, 0.2) is 0 Å². The van der Waals surface area contributed by atoms with Gasteiger partial charge in [0.2, 0.25) is 20.0 Å². The van der Waals surface area contributed by atoms with E-state index in [1.54, 1.807) is 0 Å². The molecule has 0 aromatic carbocycles. The summed E-state index contributed by atoms with van der Waals surface area (Å²) in [4.78, 5) is 0. The minimum atomic E-state index is -3.79. The Kier molecular flexibility index (Phi) is 4.31. The van der Waals surface area contributed by atoms with Gasteiger partial charge >= 0.3 is 0 Å². The van der Waals surface area contributed by atoms with E-state index in [0.29, 0.717) is 0 Å². The summed E-state index contributed by atoms with van der Waals surface area (Å²) < 4.78 is 43.4. The Balaban J connectivity index is 4.74. The fourth-order valence-corrected chi connectivity index (χ4v) is 4.69. The first-order valence-corrected chi connectivity index (χ1v) is 7.26. The molecule has 2 N–H and O–H groups in total. The van der Waals surface area contributed by atoms with Crippen LogP contribution in [0.5, 0.6) is 0 Å². The van der Waals surface area contributed by atoms with Gasteiger partial charge in [0.05, 0.1) is 5.75 Å². The Hall–Kier alpha value is 0.300. The van der Waals surface area contributed by atoms with Crippen molar-refractivity contribution in [3.05, 3.63) is 0 Å². The summed E-state index contributed by atoms with van der Waals surface area (Å²) in [7, 11) is -4.79. The molecule has 0 aliphatic rings. The van der Waals surface area contributed by atoms with Crippen LogP contribution in [-0.4, -0.2) is 45.1 Å². The summed E-state index contributed by atoms with van der Waals surface area (Å²) in [5.41, 5.74) is 0. The molecule has 9 heteroatoms. The second kappa shape index (κ2) is 4.22. The minimum Gasteiger partial charge on any atom is -0.229 e. The number of primary sulfonamides is 1. The number of hydrogen-bond donors (Lipinski definition) is 1. The van der Waals surface area contributed by atoms with Gasteiger partial charge in [0.1, 0.15) is 4.16 Å². The first-order chi connectivity index (χ1) is 5.57. The summed E-state index contributed by atoms with van der Waals surface area (Å²) in [5.74, 6) is -0.645. The van der Waals surface area contributed by atoms with E-state index in [0.717, 1.165) is 4.31 Å². The quantitative estimate of drug-likeness (QED) is 0.665. The van der Waals surface area contributed by atoms with Crippen LogP contribution < -0.4 is 5.14 Å². The maximum Gasteiger partial charge on any atom is 0.227 e. The number of alkyl halides is 1. The number of halogens is 1. The van der Waals surface area contributed by atoms with Gasteiger partial charge < -0.3 is 0 Å². The fraction of sp³-hybridized carbons (Fsp3) is 1.00. The average Bonchev–Trinajstić information content (AvgIpc) is 1.82. The molecule has 0 fully saturated rings. The van der Waals surface area contributed by atoms with Crippen LogP contribution in [0.3, 0.4) is 0 Å². The van der Waals surface area contributed by atoms with Gasteiger partial charge in [0, 0.05) is 14.1 Å². The van der Waals surface area contributed by atoms with Crippen molar-refractivity contribution in [1.29, 1.82) is 0 Å². The van der Waals surface area contributed by atoms with Gasteiger partial charge in [-0.15, -0.1) is 0 Å². The molecule has 0 rings (SSSR count). The highest BCUT2D eigenvalue weighted by Crippen LogP contribution is 2.13. The molecule has 0 bridgehead atoms. The molecule has 1 unspecified atom stereocenters.